The fourth-order valence-corrected chi connectivity index (χ4v) is 6.59. The summed E-state index contributed by atoms with van der Waals surface area (Å²) < 4.78 is 54.8. The van der Waals surface area contributed by atoms with E-state index in [1.54, 1.807) is 0 Å². The number of benzene rings is 3. The van der Waals surface area contributed by atoms with Crippen LogP contribution in [-0.4, -0.2) is 40.1 Å². The van der Waals surface area contributed by atoms with Crippen molar-refractivity contribution in [2.75, 3.05) is 23.1 Å². The van der Waals surface area contributed by atoms with Crippen LogP contribution in [0.4, 0.5) is 11.4 Å². The third-order valence-electron chi connectivity index (χ3n) is 5.66. The highest BCUT2D eigenvalue weighted by Gasteiger charge is 2.26. The molecule has 1 amide bonds. The molecule has 3 aromatic carbocycles. The smallest absolute Gasteiger partial charge is 0.261 e. The predicted octanol–water partition coefficient (Wildman–Crippen LogP) is 5.22. The first-order valence-electron chi connectivity index (χ1n) is 11.1. The zero-order chi connectivity index (χ0) is 25.9. The molecule has 0 aromatic heterocycles. The summed E-state index contributed by atoms with van der Waals surface area (Å²) in [4.78, 5) is 12.8. The summed E-state index contributed by atoms with van der Waals surface area (Å²) in [7, 11) is -7.48. The molecule has 0 atom stereocenters. The van der Waals surface area contributed by atoms with Crippen LogP contribution in [0.5, 0.6) is 0 Å². The van der Waals surface area contributed by atoms with Gasteiger partial charge in [-0.2, -0.15) is 4.31 Å². The second kappa shape index (κ2) is 10.8. The molecule has 12 heteroatoms. The van der Waals surface area contributed by atoms with Crippen LogP contribution in [0.3, 0.4) is 0 Å². The molecule has 0 spiro atoms. The molecule has 0 saturated carbocycles. The lowest BCUT2D eigenvalue weighted by atomic mass is 10.2. The van der Waals surface area contributed by atoms with Gasteiger partial charge in [-0.05, 0) is 79.6 Å². The van der Waals surface area contributed by atoms with E-state index < -0.39 is 26.0 Å². The highest BCUT2D eigenvalue weighted by Crippen LogP contribution is 2.27. The third kappa shape index (κ3) is 6.01. The minimum absolute atomic E-state index is 0.0150. The standard InChI is InChI=1S/C24H23Cl2N3O5S2/c25-22-13-8-19(16-23(22)26)28-35(31,32)20-11-6-18(7-12-20)27-24(30)17-4-9-21(10-5-17)36(33,34)29-14-2-1-3-15-29/h4-13,16,28H,1-3,14-15H2,(H,27,30). The molecular formula is C24H23Cl2N3O5S2. The second-order valence-corrected chi connectivity index (χ2v) is 12.6. The molecular weight excluding hydrogens is 545 g/mol. The molecule has 36 heavy (non-hydrogen) atoms. The van der Waals surface area contributed by atoms with Gasteiger partial charge in [-0.15, -0.1) is 0 Å². The van der Waals surface area contributed by atoms with Crippen LogP contribution < -0.4 is 10.0 Å². The van der Waals surface area contributed by atoms with Crippen LogP contribution in [0, 0.1) is 0 Å². The Labute approximate surface area is 220 Å². The Morgan fingerprint density at radius 1 is 0.722 bits per heavy atom. The molecule has 1 heterocycles. The van der Waals surface area contributed by atoms with Crippen molar-refractivity contribution in [1.82, 2.24) is 4.31 Å². The van der Waals surface area contributed by atoms with Crippen molar-refractivity contribution >= 4 is 60.5 Å². The second-order valence-electron chi connectivity index (χ2n) is 8.20. The quantitative estimate of drug-likeness (QED) is 0.406. The number of carbonyl (C=O) groups is 1. The summed E-state index contributed by atoms with van der Waals surface area (Å²) in [6.07, 6.45) is 2.70. The van der Waals surface area contributed by atoms with Gasteiger partial charge >= 0.3 is 0 Å². The van der Waals surface area contributed by atoms with Crippen LogP contribution in [0.2, 0.25) is 10.0 Å². The highest BCUT2D eigenvalue weighted by atomic mass is 35.5. The van der Waals surface area contributed by atoms with E-state index in [1.807, 2.05) is 0 Å². The SMILES string of the molecule is O=C(Nc1ccc(S(=O)(=O)Nc2ccc(Cl)c(Cl)c2)cc1)c1ccc(S(=O)(=O)N2CCCCC2)cc1. The van der Waals surface area contributed by atoms with Crippen LogP contribution >= 0.6 is 23.2 Å². The number of piperidine rings is 1. The number of carbonyl (C=O) groups excluding carboxylic acids is 1. The van der Waals surface area contributed by atoms with Gasteiger partial charge in [0.25, 0.3) is 15.9 Å². The van der Waals surface area contributed by atoms with Gasteiger partial charge in [0.2, 0.25) is 10.0 Å². The number of hydrogen-bond donors (Lipinski definition) is 2. The van der Waals surface area contributed by atoms with Crippen molar-refractivity contribution in [1.29, 1.82) is 0 Å². The summed E-state index contributed by atoms with van der Waals surface area (Å²) in [6.45, 7) is 0.999. The van der Waals surface area contributed by atoms with Crippen LogP contribution in [0.1, 0.15) is 29.6 Å². The Hall–Kier alpha value is -2.63. The van der Waals surface area contributed by atoms with Gasteiger partial charge in [-0.3, -0.25) is 9.52 Å². The summed E-state index contributed by atoms with van der Waals surface area (Å²) in [6, 6.07) is 15.7. The summed E-state index contributed by atoms with van der Waals surface area (Å²) in [5.74, 6) is -0.457. The number of sulfonamides is 2. The maximum Gasteiger partial charge on any atom is 0.261 e. The minimum Gasteiger partial charge on any atom is -0.322 e. The van der Waals surface area contributed by atoms with Crippen LogP contribution in [0.15, 0.2) is 76.5 Å². The number of nitrogens with zero attached hydrogens (tertiary/aromatic N) is 1. The maximum absolute atomic E-state index is 12.8. The minimum atomic E-state index is -3.89. The Morgan fingerprint density at radius 2 is 1.31 bits per heavy atom. The molecule has 1 aliphatic rings. The highest BCUT2D eigenvalue weighted by molar-refractivity contribution is 7.92. The molecule has 0 bridgehead atoms. The van der Waals surface area contributed by atoms with E-state index in [9.17, 15) is 21.6 Å². The fraction of sp³-hybridized carbons (Fsp3) is 0.208. The predicted molar refractivity (Wildman–Crippen MR) is 141 cm³/mol. The Kier molecular flexibility index (Phi) is 7.91. The number of rotatable bonds is 7. The maximum atomic E-state index is 12.8. The topological polar surface area (TPSA) is 113 Å². The Balaban J connectivity index is 1.42. The van der Waals surface area contributed by atoms with E-state index in [2.05, 4.69) is 10.0 Å². The lowest BCUT2D eigenvalue weighted by molar-refractivity contribution is 0.102. The zero-order valence-corrected chi connectivity index (χ0v) is 22.1. The number of nitrogens with one attached hydrogen (secondary N) is 2. The van der Waals surface area contributed by atoms with Crippen molar-refractivity contribution in [3.63, 3.8) is 0 Å². The molecule has 1 fully saturated rings. The van der Waals surface area contributed by atoms with E-state index in [-0.39, 0.29) is 26.1 Å². The van der Waals surface area contributed by atoms with Gasteiger partial charge in [0.15, 0.2) is 0 Å². The number of amides is 1. The number of anilines is 2. The van der Waals surface area contributed by atoms with E-state index in [4.69, 9.17) is 23.2 Å². The summed E-state index contributed by atoms with van der Waals surface area (Å²) in [5, 5.41) is 3.19. The average Bonchev–Trinajstić information content (AvgIpc) is 2.87. The van der Waals surface area contributed by atoms with Crippen LogP contribution in [-0.2, 0) is 20.0 Å². The molecule has 190 valence electrons. The molecule has 2 N–H and O–H groups in total. The molecule has 8 nitrogen and oxygen atoms in total. The van der Waals surface area contributed by atoms with E-state index >= 15 is 0 Å². The molecule has 0 unspecified atom stereocenters. The monoisotopic (exact) mass is 567 g/mol. The summed E-state index contributed by atoms with van der Waals surface area (Å²) in [5.41, 5.74) is 0.900. The average molecular weight is 569 g/mol. The molecule has 0 aliphatic carbocycles. The molecule has 1 saturated heterocycles. The zero-order valence-electron chi connectivity index (χ0n) is 18.9. The lowest BCUT2D eigenvalue weighted by Gasteiger charge is -2.25. The summed E-state index contributed by atoms with van der Waals surface area (Å²) >= 11 is 11.8. The molecule has 4 rings (SSSR count). The molecule has 1 aliphatic heterocycles. The van der Waals surface area contributed by atoms with Gasteiger partial charge in [-0.25, -0.2) is 16.8 Å². The van der Waals surface area contributed by atoms with Crippen molar-refractivity contribution in [2.45, 2.75) is 29.1 Å². The van der Waals surface area contributed by atoms with Crippen molar-refractivity contribution in [3.05, 3.63) is 82.3 Å². The van der Waals surface area contributed by atoms with Gasteiger partial charge in [-0.1, -0.05) is 29.6 Å². The Bertz CT molecular complexity index is 1470. The first-order chi connectivity index (χ1) is 17.1. The number of hydrogen-bond acceptors (Lipinski definition) is 5. The Morgan fingerprint density at radius 3 is 1.92 bits per heavy atom. The van der Waals surface area contributed by atoms with Crippen LogP contribution in [0.25, 0.3) is 0 Å². The van der Waals surface area contributed by atoms with Crippen molar-refractivity contribution in [3.8, 4) is 0 Å². The van der Waals surface area contributed by atoms with Gasteiger partial charge in [0, 0.05) is 24.3 Å². The lowest BCUT2D eigenvalue weighted by Crippen LogP contribution is -2.35. The molecule has 3 aromatic rings. The van der Waals surface area contributed by atoms with E-state index in [0.29, 0.717) is 23.8 Å². The van der Waals surface area contributed by atoms with E-state index in [1.165, 1.54) is 71.0 Å². The first-order valence-corrected chi connectivity index (χ1v) is 14.7. The number of halogens is 2. The van der Waals surface area contributed by atoms with Gasteiger partial charge in [0.05, 0.1) is 25.5 Å². The van der Waals surface area contributed by atoms with Crippen molar-refractivity contribution in [2.24, 2.45) is 0 Å². The third-order valence-corrected chi connectivity index (χ3v) is 9.71. The largest absolute Gasteiger partial charge is 0.322 e. The normalized spacial score (nSPS) is 14.8. The van der Waals surface area contributed by atoms with Gasteiger partial charge < -0.3 is 5.32 Å². The van der Waals surface area contributed by atoms with Crippen molar-refractivity contribution < 1.29 is 21.6 Å². The molecule has 0 radical (unpaired) electrons. The fourth-order valence-electron chi connectivity index (χ4n) is 3.73. The van der Waals surface area contributed by atoms with E-state index in [0.717, 1.165) is 19.3 Å². The van der Waals surface area contributed by atoms with Gasteiger partial charge in [0.1, 0.15) is 0 Å². The first kappa shape index (κ1) is 26.4.